The molecule has 0 fully saturated rings. The van der Waals surface area contributed by atoms with E-state index >= 15 is 0 Å². The van der Waals surface area contributed by atoms with Crippen molar-refractivity contribution < 1.29 is 13.5 Å². The van der Waals surface area contributed by atoms with Gasteiger partial charge in [-0.15, -0.1) is 0 Å². The molecule has 1 rings (SSSR count). The molecule has 1 aromatic carbocycles. The SMILES string of the molecule is CC(O)CCN(C)CCS(=O)(=O)c1ccc(C(=N)N)cc1. The van der Waals surface area contributed by atoms with Gasteiger partial charge in [-0.05, 0) is 32.5 Å². The number of amidine groups is 1. The fourth-order valence-electron chi connectivity index (χ4n) is 1.75. The van der Waals surface area contributed by atoms with Crippen LogP contribution in [0.5, 0.6) is 0 Å². The second kappa shape index (κ2) is 7.53. The van der Waals surface area contributed by atoms with Crippen molar-refractivity contribution in [1.82, 2.24) is 4.90 Å². The Labute approximate surface area is 126 Å². The van der Waals surface area contributed by atoms with Gasteiger partial charge in [0.05, 0.1) is 16.8 Å². The highest BCUT2D eigenvalue weighted by atomic mass is 32.2. The van der Waals surface area contributed by atoms with Crippen molar-refractivity contribution >= 4 is 15.7 Å². The van der Waals surface area contributed by atoms with Crippen LogP contribution in [-0.4, -0.2) is 56.3 Å². The quantitative estimate of drug-likeness (QED) is 0.477. The molecule has 4 N–H and O–H groups in total. The molecule has 21 heavy (non-hydrogen) atoms. The first-order valence-electron chi connectivity index (χ1n) is 6.76. The van der Waals surface area contributed by atoms with E-state index in [1.807, 2.05) is 11.9 Å². The zero-order valence-corrected chi connectivity index (χ0v) is 13.2. The molecule has 1 unspecified atom stereocenters. The molecule has 0 aromatic heterocycles. The van der Waals surface area contributed by atoms with E-state index in [2.05, 4.69) is 0 Å². The molecule has 0 amide bonds. The molecule has 0 bridgehead atoms. The van der Waals surface area contributed by atoms with E-state index < -0.39 is 9.84 Å². The van der Waals surface area contributed by atoms with Crippen molar-refractivity contribution in [2.45, 2.75) is 24.3 Å². The largest absolute Gasteiger partial charge is 0.393 e. The van der Waals surface area contributed by atoms with Crippen molar-refractivity contribution in [1.29, 1.82) is 5.41 Å². The Morgan fingerprint density at radius 2 is 1.90 bits per heavy atom. The number of aliphatic hydroxyl groups excluding tert-OH is 1. The maximum atomic E-state index is 12.2. The first kappa shape index (κ1) is 17.6. The predicted octanol–water partition coefficient (Wildman–Crippen LogP) is 0.447. The summed E-state index contributed by atoms with van der Waals surface area (Å²) in [5.74, 6) is -0.0697. The first-order chi connectivity index (χ1) is 9.72. The smallest absolute Gasteiger partial charge is 0.179 e. The van der Waals surface area contributed by atoms with Crippen LogP contribution in [0.15, 0.2) is 29.2 Å². The monoisotopic (exact) mass is 313 g/mol. The summed E-state index contributed by atoms with van der Waals surface area (Å²) in [7, 11) is -1.52. The molecule has 0 spiro atoms. The molecule has 0 radical (unpaired) electrons. The molecule has 7 heteroatoms. The third-order valence-electron chi connectivity index (χ3n) is 3.19. The number of benzene rings is 1. The van der Waals surface area contributed by atoms with Crippen molar-refractivity contribution in [3.8, 4) is 0 Å². The summed E-state index contributed by atoms with van der Waals surface area (Å²) in [5, 5.41) is 16.5. The molecule has 0 saturated heterocycles. The van der Waals surface area contributed by atoms with Gasteiger partial charge < -0.3 is 15.7 Å². The lowest BCUT2D eigenvalue weighted by molar-refractivity contribution is 0.166. The molecule has 118 valence electrons. The van der Waals surface area contributed by atoms with Crippen molar-refractivity contribution in [3.63, 3.8) is 0 Å². The van der Waals surface area contributed by atoms with Crippen LogP contribution in [0.4, 0.5) is 0 Å². The van der Waals surface area contributed by atoms with Crippen molar-refractivity contribution in [2.75, 3.05) is 25.9 Å². The second-order valence-corrected chi connectivity index (χ2v) is 7.31. The number of rotatable bonds is 8. The van der Waals surface area contributed by atoms with Gasteiger partial charge >= 0.3 is 0 Å². The minimum atomic E-state index is -3.35. The number of hydrogen-bond acceptors (Lipinski definition) is 5. The minimum Gasteiger partial charge on any atom is -0.393 e. The van der Waals surface area contributed by atoms with Crippen LogP contribution < -0.4 is 5.73 Å². The molecule has 0 heterocycles. The maximum Gasteiger partial charge on any atom is 0.179 e. The van der Waals surface area contributed by atoms with Gasteiger partial charge in [0.15, 0.2) is 9.84 Å². The fraction of sp³-hybridized carbons (Fsp3) is 0.500. The highest BCUT2D eigenvalue weighted by molar-refractivity contribution is 7.91. The Morgan fingerprint density at radius 1 is 1.33 bits per heavy atom. The fourth-order valence-corrected chi connectivity index (χ4v) is 3.09. The summed E-state index contributed by atoms with van der Waals surface area (Å²) in [6, 6.07) is 6.02. The van der Waals surface area contributed by atoms with Gasteiger partial charge in [-0.25, -0.2) is 8.42 Å². The van der Waals surface area contributed by atoms with E-state index in [0.29, 0.717) is 25.1 Å². The third-order valence-corrected chi connectivity index (χ3v) is 4.91. The lowest BCUT2D eigenvalue weighted by atomic mass is 10.2. The minimum absolute atomic E-state index is 0.0166. The number of aliphatic hydroxyl groups is 1. The van der Waals surface area contributed by atoms with E-state index in [9.17, 15) is 13.5 Å². The normalized spacial score (nSPS) is 13.3. The van der Waals surface area contributed by atoms with Crippen LogP contribution in [0, 0.1) is 5.41 Å². The Hall–Kier alpha value is -1.44. The molecule has 0 aliphatic carbocycles. The summed E-state index contributed by atoms with van der Waals surface area (Å²) < 4.78 is 24.4. The van der Waals surface area contributed by atoms with Gasteiger partial charge in [0.25, 0.3) is 0 Å². The Kier molecular flexibility index (Phi) is 6.32. The Bertz CT molecular complexity index is 568. The van der Waals surface area contributed by atoms with Gasteiger partial charge in [0.1, 0.15) is 5.84 Å². The van der Waals surface area contributed by atoms with Crippen LogP contribution in [0.3, 0.4) is 0 Å². The predicted molar refractivity (Wildman–Crippen MR) is 83.3 cm³/mol. The third kappa shape index (κ3) is 5.82. The number of nitrogen functional groups attached to an aromatic ring is 1. The topological polar surface area (TPSA) is 107 Å². The first-order valence-corrected chi connectivity index (χ1v) is 8.41. The molecule has 1 aromatic rings. The molecule has 0 aliphatic rings. The van der Waals surface area contributed by atoms with Gasteiger partial charge in [-0.2, -0.15) is 0 Å². The highest BCUT2D eigenvalue weighted by Gasteiger charge is 2.15. The lowest BCUT2D eigenvalue weighted by Crippen LogP contribution is -2.28. The van der Waals surface area contributed by atoms with Crippen LogP contribution in [-0.2, 0) is 9.84 Å². The molecule has 1 atom stereocenters. The number of nitrogens with zero attached hydrogens (tertiary/aromatic N) is 1. The number of hydrogen-bond donors (Lipinski definition) is 3. The van der Waals surface area contributed by atoms with E-state index in [1.165, 1.54) is 24.3 Å². The van der Waals surface area contributed by atoms with E-state index in [4.69, 9.17) is 11.1 Å². The average Bonchev–Trinajstić information content (AvgIpc) is 2.43. The number of nitrogens with two attached hydrogens (primary N) is 1. The second-order valence-electron chi connectivity index (χ2n) is 5.20. The number of sulfone groups is 1. The van der Waals surface area contributed by atoms with Crippen LogP contribution in [0.1, 0.15) is 18.9 Å². The summed E-state index contributed by atoms with van der Waals surface area (Å²) >= 11 is 0. The maximum absolute atomic E-state index is 12.2. The van der Waals surface area contributed by atoms with Gasteiger partial charge in [-0.3, -0.25) is 5.41 Å². The summed E-state index contributed by atoms with van der Waals surface area (Å²) in [6.45, 7) is 2.77. The Balaban J connectivity index is 2.62. The molecular formula is C14H23N3O3S. The van der Waals surface area contributed by atoms with Crippen LogP contribution in [0.2, 0.25) is 0 Å². The van der Waals surface area contributed by atoms with Gasteiger partial charge in [0.2, 0.25) is 0 Å². The van der Waals surface area contributed by atoms with E-state index in [-0.39, 0.29) is 22.6 Å². The zero-order chi connectivity index (χ0) is 16.0. The number of nitrogens with one attached hydrogen (secondary N) is 1. The highest BCUT2D eigenvalue weighted by Crippen LogP contribution is 2.12. The van der Waals surface area contributed by atoms with Crippen LogP contribution >= 0.6 is 0 Å². The average molecular weight is 313 g/mol. The zero-order valence-electron chi connectivity index (χ0n) is 12.4. The van der Waals surface area contributed by atoms with Crippen molar-refractivity contribution in [2.24, 2.45) is 5.73 Å². The van der Waals surface area contributed by atoms with Crippen LogP contribution in [0.25, 0.3) is 0 Å². The standard InChI is InChI=1S/C14H23N3O3S/c1-11(18)7-8-17(2)9-10-21(19,20)13-5-3-12(4-6-13)14(15)16/h3-6,11,18H,7-10H2,1-2H3,(H3,15,16). The van der Waals surface area contributed by atoms with Gasteiger partial charge in [-0.1, -0.05) is 12.1 Å². The van der Waals surface area contributed by atoms with Crippen molar-refractivity contribution in [3.05, 3.63) is 29.8 Å². The summed E-state index contributed by atoms with van der Waals surface area (Å²) in [6.07, 6.45) is 0.229. The molecular weight excluding hydrogens is 290 g/mol. The molecule has 6 nitrogen and oxygen atoms in total. The lowest BCUT2D eigenvalue weighted by Gasteiger charge is -2.17. The van der Waals surface area contributed by atoms with E-state index in [0.717, 1.165) is 0 Å². The summed E-state index contributed by atoms with van der Waals surface area (Å²) in [4.78, 5) is 2.12. The summed E-state index contributed by atoms with van der Waals surface area (Å²) in [5.41, 5.74) is 5.84. The molecule has 0 saturated carbocycles. The Morgan fingerprint density at radius 3 is 2.38 bits per heavy atom. The molecule has 0 aliphatic heterocycles. The van der Waals surface area contributed by atoms with E-state index in [1.54, 1.807) is 6.92 Å². The van der Waals surface area contributed by atoms with Gasteiger partial charge in [0, 0.05) is 18.7 Å².